The molecule has 2 aromatic carbocycles. The van der Waals surface area contributed by atoms with Crippen molar-refractivity contribution >= 4 is 41.2 Å². The van der Waals surface area contributed by atoms with E-state index in [1.54, 1.807) is 30.3 Å². The SMILES string of the molecule is CC(=O)Nc1ccc(C(=O)N/N=C/c2cc([N+](=O)[O-])ccc2Sc2nc(C)cc(C)n2)cc1. The van der Waals surface area contributed by atoms with E-state index in [0.717, 1.165) is 11.4 Å². The molecule has 3 aromatic rings. The van der Waals surface area contributed by atoms with E-state index in [0.29, 0.717) is 26.9 Å². The average Bonchev–Trinajstić information content (AvgIpc) is 2.74. The van der Waals surface area contributed by atoms with Crippen LogP contribution in [0.2, 0.25) is 0 Å². The monoisotopic (exact) mass is 464 g/mol. The number of hydrazone groups is 1. The van der Waals surface area contributed by atoms with Gasteiger partial charge in [-0.05, 0) is 62.0 Å². The Labute approximate surface area is 193 Å². The molecule has 2 amide bonds. The molecule has 0 aliphatic rings. The summed E-state index contributed by atoms with van der Waals surface area (Å²) in [4.78, 5) is 43.5. The Bertz CT molecular complexity index is 1220. The molecule has 3 rings (SSSR count). The average molecular weight is 465 g/mol. The lowest BCUT2D eigenvalue weighted by Crippen LogP contribution is -2.17. The fourth-order valence-electron chi connectivity index (χ4n) is 2.81. The highest BCUT2D eigenvalue weighted by Gasteiger charge is 2.13. The number of nitro benzene ring substituents is 1. The summed E-state index contributed by atoms with van der Waals surface area (Å²) in [7, 11) is 0. The number of nitro groups is 1. The smallest absolute Gasteiger partial charge is 0.271 e. The fourth-order valence-corrected chi connectivity index (χ4v) is 3.76. The largest absolute Gasteiger partial charge is 0.326 e. The number of hydrogen-bond donors (Lipinski definition) is 2. The van der Waals surface area contributed by atoms with Crippen LogP contribution in [0.1, 0.15) is 34.2 Å². The molecule has 0 aliphatic heterocycles. The van der Waals surface area contributed by atoms with Crippen molar-refractivity contribution < 1.29 is 14.5 Å². The number of amides is 2. The van der Waals surface area contributed by atoms with E-state index in [9.17, 15) is 19.7 Å². The summed E-state index contributed by atoms with van der Waals surface area (Å²) < 4.78 is 0. The van der Waals surface area contributed by atoms with E-state index in [2.05, 4.69) is 25.8 Å². The molecular weight excluding hydrogens is 444 g/mol. The normalized spacial score (nSPS) is 10.8. The summed E-state index contributed by atoms with van der Waals surface area (Å²) in [6.07, 6.45) is 1.33. The lowest BCUT2D eigenvalue weighted by atomic mass is 10.2. The van der Waals surface area contributed by atoms with Gasteiger partial charge in [-0.1, -0.05) is 0 Å². The van der Waals surface area contributed by atoms with Crippen LogP contribution in [0, 0.1) is 24.0 Å². The quantitative estimate of drug-likeness (QED) is 0.234. The van der Waals surface area contributed by atoms with Gasteiger partial charge in [0, 0.05) is 52.2 Å². The maximum atomic E-state index is 12.3. The summed E-state index contributed by atoms with van der Waals surface area (Å²) in [6.45, 7) is 5.10. The Balaban J connectivity index is 1.79. The minimum absolute atomic E-state index is 0.109. The van der Waals surface area contributed by atoms with Crippen molar-refractivity contribution in [2.75, 3.05) is 5.32 Å². The van der Waals surface area contributed by atoms with E-state index in [1.165, 1.54) is 37.0 Å². The van der Waals surface area contributed by atoms with Crippen LogP contribution in [-0.4, -0.2) is 32.9 Å². The highest BCUT2D eigenvalue weighted by Crippen LogP contribution is 2.30. The van der Waals surface area contributed by atoms with Crippen LogP contribution in [0.3, 0.4) is 0 Å². The molecule has 168 valence electrons. The molecule has 0 aliphatic carbocycles. The summed E-state index contributed by atoms with van der Waals surface area (Å²) >= 11 is 1.24. The number of rotatable bonds is 7. The van der Waals surface area contributed by atoms with E-state index in [-0.39, 0.29) is 11.6 Å². The number of hydrogen-bond acceptors (Lipinski definition) is 8. The van der Waals surface area contributed by atoms with E-state index in [1.807, 2.05) is 19.9 Å². The number of aryl methyl sites for hydroxylation is 2. The van der Waals surface area contributed by atoms with Gasteiger partial charge in [0.25, 0.3) is 11.6 Å². The molecule has 2 N–H and O–H groups in total. The van der Waals surface area contributed by atoms with Crippen LogP contribution < -0.4 is 10.7 Å². The van der Waals surface area contributed by atoms with Crippen LogP contribution in [-0.2, 0) is 4.79 Å². The number of anilines is 1. The van der Waals surface area contributed by atoms with Gasteiger partial charge >= 0.3 is 0 Å². The van der Waals surface area contributed by atoms with Gasteiger partial charge in [0.2, 0.25) is 5.91 Å². The molecule has 0 spiro atoms. The second-order valence-corrected chi connectivity index (χ2v) is 7.98. The topological polar surface area (TPSA) is 139 Å². The zero-order valence-corrected chi connectivity index (χ0v) is 18.8. The van der Waals surface area contributed by atoms with Crippen molar-refractivity contribution in [2.24, 2.45) is 5.10 Å². The Morgan fingerprint density at radius 2 is 1.73 bits per heavy atom. The summed E-state index contributed by atoms with van der Waals surface area (Å²) in [5, 5.41) is 18.3. The van der Waals surface area contributed by atoms with Gasteiger partial charge in [-0.2, -0.15) is 5.10 Å². The molecular formula is C22H20N6O4S. The zero-order valence-electron chi connectivity index (χ0n) is 18.0. The van der Waals surface area contributed by atoms with Gasteiger partial charge in [-0.15, -0.1) is 0 Å². The van der Waals surface area contributed by atoms with E-state index < -0.39 is 10.8 Å². The Kier molecular flexibility index (Phi) is 7.46. The first-order valence-corrected chi connectivity index (χ1v) is 10.5. The lowest BCUT2D eigenvalue weighted by molar-refractivity contribution is -0.384. The Morgan fingerprint density at radius 1 is 1.06 bits per heavy atom. The third-order valence-electron chi connectivity index (χ3n) is 4.20. The van der Waals surface area contributed by atoms with Crippen LogP contribution in [0.4, 0.5) is 11.4 Å². The molecule has 0 unspecified atom stereocenters. The van der Waals surface area contributed by atoms with Crippen molar-refractivity contribution in [3.05, 3.63) is 81.2 Å². The Morgan fingerprint density at radius 3 is 2.33 bits per heavy atom. The first-order valence-electron chi connectivity index (χ1n) is 9.71. The third-order valence-corrected chi connectivity index (χ3v) is 5.16. The van der Waals surface area contributed by atoms with Gasteiger partial charge < -0.3 is 5.32 Å². The third kappa shape index (κ3) is 6.68. The predicted molar refractivity (Wildman–Crippen MR) is 125 cm³/mol. The molecule has 11 heteroatoms. The second-order valence-electron chi connectivity index (χ2n) is 6.97. The summed E-state index contributed by atoms with van der Waals surface area (Å²) in [5.41, 5.74) is 5.22. The van der Waals surface area contributed by atoms with Crippen LogP contribution >= 0.6 is 11.8 Å². The van der Waals surface area contributed by atoms with Crippen molar-refractivity contribution in [3.63, 3.8) is 0 Å². The molecule has 0 radical (unpaired) electrons. The van der Waals surface area contributed by atoms with Gasteiger partial charge in [-0.25, -0.2) is 15.4 Å². The van der Waals surface area contributed by atoms with Gasteiger partial charge in [-0.3, -0.25) is 19.7 Å². The van der Waals surface area contributed by atoms with Crippen molar-refractivity contribution in [3.8, 4) is 0 Å². The maximum Gasteiger partial charge on any atom is 0.271 e. The molecule has 0 bridgehead atoms. The highest BCUT2D eigenvalue weighted by atomic mass is 32.2. The van der Waals surface area contributed by atoms with Crippen molar-refractivity contribution in [1.82, 2.24) is 15.4 Å². The van der Waals surface area contributed by atoms with E-state index >= 15 is 0 Å². The molecule has 0 fully saturated rings. The standard InChI is InChI=1S/C22H20N6O4S/c1-13-10-14(2)25-22(24-13)33-20-9-8-19(28(31)32)11-17(20)12-23-27-21(30)16-4-6-18(7-5-16)26-15(3)29/h4-12H,1-3H3,(H,26,29)(H,27,30)/b23-12+. The molecule has 0 saturated heterocycles. The summed E-state index contributed by atoms with van der Waals surface area (Å²) in [6, 6.07) is 12.5. The number of nitrogens with one attached hydrogen (secondary N) is 2. The first kappa shape index (κ1) is 23.5. The minimum Gasteiger partial charge on any atom is -0.326 e. The second kappa shape index (κ2) is 10.5. The zero-order chi connectivity index (χ0) is 24.0. The highest BCUT2D eigenvalue weighted by molar-refractivity contribution is 7.99. The number of benzene rings is 2. The fraction of sp³-hybridized carbons (Fsp3) is 0.136. The predicted octanol–water partition coefficient (Wildman–Crippen LogP) is 3.88. The van der Waals surface area contributed by atoms with Crippen LogP contribution in [0.5, 0.6) is 0 Å². The maximum absolute atomic E-state index is 12.3. The molecule has 1 heterocycles. The molecule has 0 atom stereocenters. The van der Waals surface area contributed by atoms with Crippen molar-refractivity contribution in [1.29, 1.82) is 0 Å². The lowest BCUT2D eigenvalue weighted by Gasteiger charge is -2.07. The van der Waals surface area contributed by atoms with Gasteiger partial charge in [0.1, 0.15) is 0 Å². The molecule has 33 heavy (non-hydrogen) atoms. The van der Waals surface area contributed by atoms with Gasteiger partial charge in [0.05, 0.1) is 11.1 Å². The number of non-ortho nitro benzene ring substituents is 1. The molecule has 0 saturated carbocycles. The van der Waals surface area contributed by atoms with E-state index in [4.69, 9.17) is 0 Å². The number of nitrogens with zero attached hydrogens (tertiary/aromatic N) is 4. The molecule has 1 aromatic heterocycles. The van der Waals surface area contributed by atoms with Gasteiger partial charge in [0.15, 0.2) is 5.16 Å². The first-order chi connectivity index (χ1) is 15.7. The minimum atomic E-state index is -0.506. The van der Waals surface area contributed by atoms with Crippen LogP contribution in [0.25, 0.3) is 0 Å². The van der Waals surface area contributed by atoms with Crippen LogP contribution in [0.15, 0.2) is 63.7 Å². The molecule has 10 nitrogen and oxygen atoms in total. The number of carbonyl (C=O) groups is 2. The summed E-state index contributed by atoms with van der Waals surface area (Å²) in [5.74, 6) is -0.688. The number of aromatic nitrogens is 2. The van der Waals surface area contributed by atoms with Crippen molar-refractivity contribution in [2.45, 2.75) is 30.8 Å². The Hall–Kier alpha value is -4.12. The number of carbonyl (C=O) groups excluding carboxylic acids is 2.